The highest BCUT2D eigenvalue weighted by Crippen LogP contribution is 2.29. The molecule has 4 nitrogen and oxygen atoms in total. The summed E-state index contributed by atoms with van der Waals surface area (Å²) in [6.07, 6.45) is 2.29. The Morgan fingerprint density at radius 2 is 2.36 bits per heavy atom. The summed E-state index contributed by atoms with van der Waals surface area (Å²) in [7, 11) is 0. The van der Waals surface area contributed by atoms with Gasteiger partial charge in [0.15, 0.2) is 0 Å². The van der Waals surface area contributed by atoms with Gasteiger partial charge in [-0.3, -0.25) is 10.1 Å². The van der Waals surface area contributed by atoms with Crippen LogP contribution in [0.5, 0.6) is 0 Å². The molecule has 0 aliphatic carbocycles. The molecule has 2 aliphatic rings. The predicted octanol–water partition coefficient (Wildman–Crippen LogP) is 0.457. The molecule has 14 heavy (non-hydrogen) atoms. The first kappa shape index (κ1) is 9.93. The minimum Gasteiger partial charge on any atom is -0.465 e. The molecule has 1 N–H and O–H groups in total. The minimum absolute atomic E-state index is 0.141. The molecule has 0 aromatic carbocycles. The lowest BCUT2D eigenvalue weighted by atomic mass is 10.1. The van der Waals surface area contributed by atoms with E-state index in [2.05, 4.69) is 12.2 Å². The Balaban J connectivity index is 1.88. The fourth-order valence-electron chi connectivity index (χ4n) is 2.32. The zero-order valence-electron chi connectivity index (χ0n) is 8.66. The van der Waals surface area contributed by atoms with E-state index in [4.69, 9.17) is 9.47 Å². The molecule has 4 atom stereocenters. The van der Waals surface area contributed by atoms with E-state index >= 15 is 0 Å². The van der Waals surface area contributed by atoms with Gasteiger partial charge in [0.1, 0.15) is 6.04 Å². The first-order valence-corrected chi connectivity index (χ1v) is 5.29. The number of rotatable bonds is 2. The van der Waals surface area contributed by atoms with Crippen molar-refractivity contribution in [2.45, 2.75) is 51.0 Å². The largest absolute Gasteiger partial charge is 0.465 e. The normalized spacial score (nSPS) is 41.0. The molecule has 0 unspecified atom stereocenters. The summed E-state index contributed by atoms with van der Waals surface area (Å²) in [4.78, 5) is 11.4. The minimum atomic E-state index is -0.155. The van der Waals surface area contributed by atoms with Gasteiger partial charge >= 0.3 is 5.97 Å². The van der Waals surface area contributed by atoms with E-state index in [0.717, 1.165) is 12.8 Å². The number of hydrogen-bond donors (Lipinski definition) is 1. The van der Waals surface area contributed by atoms with Crippen LogP contribution in [0.25, 0.3) is 0 Å². The number of carbonyl (C=O) groups excluding carboxylic acids is 1. The lowest BCUT2D eigenvalue weighted by Gasteiger charge is -2.12. The number of fused-ring (bicyclic) bond motifs is 1. The molecule has 2 aliphatic heterocycles. The molecule has 2 heterocycles. The predicted molar refractivity (Wildman–Crippen MR) is 50.9 cm³/mol. The molecule has 2 fully saturated rings. The van der Waals surface area contributed by atoms with Gasteiger partial charge in [-0.1, -0.05) is 0 Å². The molecule has 0 bridgehead atoms. The van der Waals surface area contributed by atoms with Crippen molar-refractivity contribution in [1.29, 1.82) is 0 Å². The van der Waals surface area contributed by atoms with Gasteiger partial charge in [-0.15, -0.1) is 0 Å². The molecular weight excluding hydrogens is 182 g/mol. The third kappa shape index (κ3) is 1.77. The first-order chi connectivity index (χ1) is 6.70. The van der Waals surface area contributed by atoms with Crippen LogP contribution in [0.2, 0.25) is 0 Å². The highest BCUT2D eigenvalue weighted by molar-refractivity contribution is 5.76. The fourth-order valence-corrected chi connectivity index (χ4v) is 2.32. The fraction of sp³-hybridized carbons (Fsp3) is 0.900. The van der Waals surface area contributed by atoms with Crippen LogP contribution in [-0.2, 0) is 14.3 Å². The summed E-state index contributed by atoms with van der Waals surface area (Å²) >= 11 is 0. The van der Waals surface area contributed by atoms with Crippen molar-refractivity contribution in [3.8, 4) is 0 Å². The van der Waals surface area contributed by atoms with Gasteiger partial charge in [0.2, 0.25) is 0 Å². The number of carbonyl (C=O) groups is 1. The summed E-state index contributed by atoms with van der Waals surface area (Å²) in [5.74, 6) is -0.141. The molecule has 2 rings (SSSR count). The van der Waals surface area contributed by atoms with Gasteiger partial charge in [-0.05, 0) is 20.3 Å². The van der Waals surface area contributed by atoms with Crippen molar-refractivity contribution in [2.24, 2.45) is 0 Å². The summed E-state index contributed by atoms with van der Waals surface area (Å²) in [6, 6.07) is 0.192. The van der Waals surface area contributed by atoms with E-state index in [-0.39, 0.29) is 18.1 Å². The number of nitrogens with one attached hydrogen (secondary N) is 1. The van der Waals surface area contributed by atoms with E-state index in [1.165, 1.54) is 0 Å². The molecule has 0 saturated carbocycles. The van der Waals surface area contributed by atoms with E-state index in [1.54, 1.807) is 0 Å². The highest BCUT2D eigenvalue weighted by atomic mass is 16.5. The zero-order valence-corrected chi connectivity index (χ0v) is 8.66. The summed E-state index contributed by atoms with van der Waals surface area (Å²) < 4.78 is 10.6. The van der Waals surface area contributed by atoms with E-state index in [0.29, 0.717) is 18.8 Å². The topological polar surface area (TPSA) is 47.6 Å². The van der Waals surface area contributed by atoms with Crippen LogP contribution >= 0.6 is 0 Å². The molecule has 2 saturated heterocycles. The van der Waals surface area contributed by atoms with E-state index in [1.807, 2.05) is 6.92 Å². The highest BCUT2D eigenvalue weighted by Gasteiger charge is 2.43. The van der Waals surface area contributed by atoms with Crippen LogP contribution in [-0.4, -0.2) is 36.9 Å². The SMILES string of the molecule is CCOC(=O)[C@@H]1C[C@@H]2O[C@H](C)C[C@@H]2N1. The number of ether oxygens (including phenoxy) is 2. The molecule has 0 radical (unpaired) electrons. The third-order valence-corrected chi connectivity index (χ3v) is 2.90. The summed E-state index contributed by atoms with van der Waals surface area (Å²) in [5.41, 5.74) is 0. The van der Waals surface area contributed by atoms with Gasteiger partial charge in [0.05, 0.1) is 18.8 Å². The van der Waals surface area contributed by atoms with E-state index < -0.39 is 0 Å². The maximum absolute atomic E-state index is 11.4. The molecule has 0 aromatic heterocycles. The smallest absolute Gasteiger partial charge is 0.323 e. The Bertz CT molecular complexity index is 217. The van der Waals surface area contributed by atoms with Crippen LogP contribution in [0.3, 0.4) is 0 Å². The van der Waals surface area contributed by atoms with Crippen molar-refractivity contribution in [1.82, 2.24) is 5.32 Å². The Hall–Kier alpha value is -0.610. The molecular formula is C10H17NO3. The van der Waals surface area contributed by atoms with Crippen LogP contribution in [0.1, 0.15) is 26.7 Å². The third-order valence-electron chi connectivity index (χ3n) is 2.90. The molecule has 0 spiro atoms. The molecule has 0 aromatic rings. The van der Waals surface area contributed by atoms with Crippen molar-refractivity contribution in [3.63, 3.8) is 0 Å². The van der Waals surface area contributed by atoms with Crippen LogP contribution in [0.15, 0.2) is 0 Å². The summed E-state index contributed by atoms with van der Waals surface area (Å²) in [6.45, 7) is 4.34. The Labute approximate surface area is 84.0 Å². The quantitative estimate of drug-likeness (QED) is 0.656. The van der Waals surface area contributed by atoms with Gasteiger partial charge in [-0.25, -0.2) is 0 Å². The summed E-state index contributed by atoms with van der Waals surface area (Å²) in [5, 5.41) is 3.27. The van der Waals surface area contributed by atoms with Crippen molar-refractivity contribution in [2.75, 3.05) is 6.61 Å². The standard InChI is InChI=1S/C10H17NO3/c1-3-13-10(12)8-5-9-7(11-8)4-6(2)14-9/h6-9,11H,3-5H2,1-2H3/t6-,7+,8+,9+/m1/s1. The van der Waals surface area contributed by atoms with Gasteiger partial charge in [0.25, 0.3) is 0 Å². The van der Waals surface area contributed by atoms with E-state index in [9.17, 15) is 4.79 Å². The lowest BCUT2D eigenvalue weighted by Crippen LogP contribution is -2.37. The molecule has 0 amide bonds. The average Bonchev–Trinajstić information content (AvgIpc) is 2.61. The Morgan fingerprint density at radius 1 is 1.57 bits per heavy atom. The monoisotopic (exact) mass is 199 g/mol. The van der Waals surface area contributed by atoms with Crippen LogP contribution < -0.4 is 5.32 Å². The van der Waals surface area contributed by atoms with Crippen molar-refractivity contribution < 1.29 is 14.3 Å². The lowest BCUT2D eigenvalue weighted by molar-refractivity contribution is -0.145. The first-order valence-electron chi connectivity index (χ1n) is 5.29. The molecule has 4 heteroatoms. The Kier molecular flexibility index (Phi) is 2.74. The molecule has 80 valence electrons. The van der Waals surface area contributed by atoms with Crippen molar-refractivity contribution >= 4 is 5.97 Å². The second-order valence-electron chi connectivity index (χ2n) is 4.03. The zero-order chi connectivity index (χ0) is 10.1. The number of esters is 1. The van der Waals surface area contributed by atoms with Gasteiger partial charge < -0.3 is 9.47 Å². The second kappa shape index (κ2) is 3.87. The maximum Gasteiger partial charge on any atom is 0.323 e. The second-order valence-corrected chi connectivity index (χ2v) is 4.03. The maximum atomic E-state index is 11.4. The van der Waals surface area contributed by atoms with Gasteiger partial charge in [-0.2, -0.15) is 0 Å². The average molecular weight is 199 g/mol. The number of hydrogen-bond acceptors (Lipinski definition) is 4. The van der Waals surface area contributed by atoms with Crippen LogP contribution in [0.4, 0.5) is 0 Å². The van der Waals surface area contributed by atoms with Crippen LogP contribution in [0, 0.1) is 0 Å². The Morgan fingerprint density at radius 3 is 3.00 bits per heavy atom. The van der Waals surface area contributed by atoms with Gasteiger partial charge in [0, 0.05) is 12.5 Å². The van der Waals surface area contributed by atoms with Crippen molar-refractivity contribution in [3.05, 3.63) is 0 Å².